The van der Waals surface area contributed by atoms with Crippen molar-refractivity contribution in [1.29, 1.82) is 0 Å². The molecule has 4 heteroatoms. The number of hydrogen-bond acceptors (Lipinski definition) is 4. The molecule has 0 amide bonds. The number of aromatic hydroxyl groups is 3. The molecule has 0 spiro atoms. The number of benzene rings is 2. The fraction of sp³-hybridized carbons (Fsp3) is 0. The zero-order chi connectivity index (χ0) is 13.1. The Morgan fingerprint density at radius 2 is 1.56 bits per heavy atom. The molecule has 0 unspecified atom stereocenters. The summed E-state index contributed by atoms with van der Waals surface area (Å²) in [5, 5.41) is 30.7. The summed E-state index contributed by atoms with van der Waals surface area (Å²) in [6.45, 7) is 3.87. The van der Waals surface area contributed by atoms with Gasteiger partial charge >= 0.3 is 0 Å². The second-order valence-electron chi connectivity index (χ2n) is 3.85. The van der Waals surface area contributed by atoms with E-state index < -0.39 is 0 Å². The van der Waals surface area contributed by atoms with Gasteiger partial charge in [0, 0.05) is 17.5 Å². The van der Waals surface area contributed by atoms with Gasteiger partial charge in [0.2, 0.25) is 0 Å². The standard InChI is InChI=1S/C14H13NO3/c1-9(10-2-5-12(16)6-3-10)15-11-4-7-13(17)14(18)8-11/h2-8,15-18H,1H2. The van der Waals surface area contributed by atoms with Crippen LogP contribution in [-0.4, -0.2) is 15.3 Å². The Morgan fingerprint density at radius 1 is 0.889 bits per heavy atom. The molecule has 0 radical (unpaired) electrons. The molecule has 4 N–H and O–H groups in total. The Morgan fingerprint density at radius 3 is 2.17 bits per heavy atom. The highest BCUT2D eigenvalue weighted by atomic mass is 16.3. The summed E-state index contributed by atoms with van der Waals surface area (Å²) in [4.78, 5) is 0. The quantitative estimate of drug-likeness (QED) is 0.494. The first-order valence-electron chi connectivity index (χ1n) is 5.33. The van der Waals surface area contributed by atoms with Crippen LogP contribution in [0.3, 0.4) is 0 Å². The highest BCUT2D eigenvalue weighted by Crippen LogP contribution is 2.29. The van der Waals surface area contributed by atoms with E-state index in [0.717, 1.165) is 5.56 Å². The average molecular weight is 243 g/mol. The Balaban J connectivity index is 2.16. The largest absolute Gasteiger partial charge is 0.508 e. The maximum Gasteiger partial charge on any atom is 0.159 e. The van der Waals surface area contributed by atoms with Gasteiger partial charge in [-0.25, -0.2) is 0 Å². The van der Waals surface area contributed by atoms with Crippen molar-refractivity contribution in [2.45, 2.75) is 0 Å². The van der Waals surface area contributed by atoms with Crippen molar-refractivity contribution >= 4 is 11.4 Å². The van der Waals surface area contributed by atoms with Gasteiger partial charge in [0.1, 0.15) is 5.75 Å². The van der Waals surface area contributed by atoms with E-state index in [-0.39, 0.29) is 17.2 Å². The zero-order valence-electron chi connectivity index (χ0n) is 9.59. The van der Waals surface area contributed by atoms with Crippen molar-refractivity contribution < 1.29 is 15.3 Å². The van der Waals surface area contributed by atoms with Crippen LogP contribution in [0.4, 0.5) is 5.69 Å². The van der Waals surface area contributed by atoms with E-state index in [1.807, 2.05) is 0 Å². The molecule has 0 aliphatic carbocycles. The third-order valence-electron chi connectivity index (χ3n) is 2.49. The van der Waals surface area contributed by atoms with Gasteiger partial charge < -0.3 is 20.6 Å². The number of hydrogen-bond donors (Lipinski definition) is 4. The normalized spacial score (nSPS) is 10.0. The summed E-state index contributed by atoms with van der Waals surface area (Å²) in [5.74, 6) is -0.178. The molecule has 2 aromatic rings. The Hall–Kier alpha value is -2.62. The van der Waals surface area contributed by atoms with Crippen LogP contribution >= 0.6 is 0 Å². The molecule has 0 heterocycles. The minimum Gasteiger partial charge on any atom is -0.508 e. The van der Waals surface area contributed by atoms with Gasteiger partial charge in [0.15, 0.2) is 11.5 Å². The highest BCUT2D eigenvalue weighted by Gasteiger charge is 2.03. The van der Waals surface area contributed by atoms with Crippen LogP contribution < -0.4 is 5.32 Å². The third kappa shape index (κ3) is 2.55. The molecule has 0 aliphatic heterocycles. The Bertz CT molecular complexity index is 576. The lowest BCUT2D eigenvalue weighted by molar-refractivity contribution is 0.404. The van der Waals surface area contributed by atoms with Crippen LogP contribution in [-0.2, 0) is 0 Å². The predicted octanol–water partition coefficient (Wildman–Crippen LogP) is 2.89. The van der Waals surface area contributed by atoms with Gasteiger partial charge in [0.25, 0.3) is 0 Å². The number of anilines is 1. The van der Waals surface area contributed by atoms with Crippen molar-refractivity contribution in [3.8, 4) is 17.2 Å². The van der Waals surface area contributed by atoms with Gasteiger partial charge in [0.05, 0.1) is 0 Å². The molecule has 0 fully saturated rings. The number of phenols is 3. The molecule has 18 heavy (non-hydrogen) atoms. The van der Waals surface area contributed by atoms with Crippen molar-refractivity contribution in [3.63, 3.8) is 0 Å². The van der Waals surface area contributed by atoms with Gasteiger partial charge in [-0.1, -0.05) is 6.58 Å². The molecular formula is C14H13NO3. The molecule has 0 bridgehead atoms. The summed E-state index contributed by atoms with van der Waals surface area (Å²) in [5.41, 5.74) is 2.06. The van der Waals surface area contributed by atoms with Crippen molar-refractivity contribution in [3.05, 3.63) is 54.6 Å². The van der Waals surface area contributed by atoms with E-state index in [1.165, 1.54) is 12.1 Å². The summed E-state index contributed by atoms with van der Waals surface area (Å²) in [6.07, 6.45) is 0. The van der Waals surface area contributed by atoms with E-state index >= 15 is 0 Å². The van der Waals surface area contributed by atoms with E-state index in [4.69, 9.17) is 0 Å². The van der Waals surface area contributed by atoms with Crippen molar-refractivity contribution in [2.75, 3.05) is 5.32 Å². The van der Waals surface area contributed by atoms with Gasteiger partial charge in [-0.05, 0) is 42.0 Å². The minimum absolute atomic E-state index is 0.171. The topological polar surface area (TPSA) is 72.7 Å². The van der Waals surface area contributed by atoms with Crippen molar-refractivity contribution in [2.24, 2.45) is 0 Å². The smallest absolute Gasteiger partial charge is 0.159 e. The molecule has 0 atom stereocenters. The molecular weight excluding hydrogens is 230 g/mol. The zero-order valence-corrected chi connectivity index (χ0v) is 9.59. The van der Waals surface area contributed by atoms with Crippen LogP contribution in [0, 0.1) is 0 Å². The fourth-order valence-electron chi connectivity index (χ4n) is 1.51. The van der Waals surface area contributed by atoms with E-state index in [2.05, 4.69) is 11.9 Å². The molecule has 0 saturated carbocycles. The SMILES string of the molecule is C=C(Nc1ccc(O)c(O)c1)c1ccc(O)cc1. The van der Waals surface area contributed by atoms with Gasteiger partial charge in [-0.3, -0.25) is 0 Å². The first-order valence-corrected chi connectivity index (χ1v) is 5.33. The van der Waals surface area contributed by atoms with E-state index in [9.17, 15) is 15.3 Å². The maximum atomic E-state index is 9.37. The minimum atomic E-state index is -0.196. The second kappa shape index (κ2) is 4.71. The van der Waals surface area contributed by atoms with Crippen LogP contribution in [0.25, 0.3) is 5.70 Å². The lowest BCUT2D eigenvalue weighted by Crippen LogP contribution is -1.96. The second-order valence-corrected chi connectivity index (χ2v) is 3.85. The van der Waals surface area contributed by atoms with Gasteiger partial charge in [-0.15, -0.1) is 0 Å². The molecule has 92 valence electrons. The van der Waals surface area contributed by atoms with Crippen LogP contribution in [0.5, 0.6) is 17.2 Å². The Labute approximate surface area is 104 Å². The lowest BCUT2D eigenvalue weighted by Gasteiger charge is -2.10. The molecule has 2 aromatic carbocycles. The average Bonchev–Trinajstić information content (AvgIpc) is 2.34. The number of nitrogens with one attached hydrogen (secondary N) is 1. The molecule has 0 aliphatic rings. The monoisotopic (exact) mass is 243 g/mol. The third-order valence-corrected chi connectivity index (χ3v) is 2.49. The molecule has 2 rings (SSSR count). The van der Waals surface area contributed by atoms with E-state index in [1.54, 1.807) is 30.3 Å². The van der Waals surface area contributed by atoms with Crippen LogP contribution in [0.15, 0.2) is 49.0 Å². The first kappa shape index (κ1) is 11.9. The Kier molecular flexibility index (Phi) is 3.10. The molecule has 4 nitrogen and oxygen atoms in total. The summed E-state index contributed by atoms with van der Waals surface area (Å²) in [6, 6.07) is 11.0. The summed E-state index contributed by atoms with van der Waals surface area (Å²) in [7, 11) is 0. The molecule has 0 saturated heterocycles. The fourth-order valence-corrected chi connectivity index (χ4v) is 1.51. The number of rotatable bonds is 3. The maximum absolute atomic E-state index is 9.37. The predicted molar refractivity (Wildman–Crippen MR) is 70.5 cm³/mol. The lowest BCUT2D eigenvalue weighted by atomic mass is 10.1. The van der Waals surface area contributed by atoms with Crippen LogP contribution in [0.2, 0.25) is 0 Å². The van der Waals surface area contributed by atoms with Crippen molar-refractivity contribution in [1.82, 2.24) is 0 Å². The first-order chi connectivity index (χ1) is 8.56. The van der Waals surface area contributed by atoms with Gasteiger partial charge in [-0.2, -0.15) is 0 Å². The molecule has 0 aromatic heterocycles. The van der Waals surface area contributed by atoms with Crippen LogP contribution in [0.1, 0.15) is 5.56 Å². The highest BCUT2D eigenvalue weighted by molar-refractivity contribution is 5.76. The van der Waals surface area contributed by atoms with E-state index in [0.29, 0.717) is 11.4 Å². The summed E-state index contributed by atoms with van der Waals surface area (Å²) < 4.78 is 0. The summed E-state index contributed by atoms with van der Waals surface area (Å²) >= 11 is 0. The number of phenolic OH excluding ortho intramolecular Hbond substituents is 3.